The highest BCUT2D eigenvalue weighted by molar-refractivity contribution is 7.89. The molecule has 28 heavy (non-hydrogen) atoms. The average molecular weight is 443 g/mol. The monoisotopic (exact) mass is 442 g/mol. The second kappa shape index (κ2) is 8.80. The van der Waals surface area contributed by atoms with Crippen LogP contribution in [0.2, 0.25) is 10.0 Å². The standard InChI is InChI=1S/C19H20Cl2N2O4S/c1-27-19(24)15-5-2-4-14(12-15)13-22-8-10-23(11-9-22)28(25,26)18-16(20)6-3-7-17(18)21/h2-7,12H,8-11,13H2,1H3. The summed E-state index contributed by atoms with van der Waals surface area (Å²) >= 11 is 12.2. The molecule has 1 fully saturated rings. The predicted octanol–water partition coefficient (Wildman–Crippen LogP) is 3.29. The van der Waals surface area contributed by atoms with Crippen molar-refractivity contribution >= 4 is 39.2 Å². The molecule has 0 aliphatic carbocycles. The van der Waals surface area contributed by atoms with E-state index in [0.29, 0.717) is 38.3 Å². The highest BCUT2D eigenvalue weighted by atomic mass is 35.5. The molecule has 1 saturated heterocycles. The number of esters is 1. The Morgan fingerprint density at radius 3 is 2.25 bits per heavy atom. The molecule has 1 aliphatic rings. The van der Waals surface area contributed by atoms with Crippen LogP contribution in [-0.4, -0.2) is 56.9 Å². The number of methoxy groups -OCH3 is 1. The molecular weight excluding hydrogens is 423 g/mol. The van der Waals surface area contributed by atoms with E-state index in [0.717, 1.165) is 5.56 Å². The lowest BCUT2D eigenvalue weighted by atomic mass is 10.1. The van der Waals surface area contributed by atoms with E-state index >= 15 is 0 Å². The quantitative estimate of drug-likeness (QED) is 0.664. The Hall–Kier alpha value is -1.64. The molecule has 150 valence electrons. The number of hydrogen-bond acceptors (Lipinski definition) is 5. The summed E-state index contributed by atoms with van der Waals surface area (Å²) in [6, 6.07) is 11.9. The maximum Gasteiger partial charge on any atom is 0.337 e. The summed E-state index contributed by atoms with van der Waals surface area (Å²) < 4.78 is 32.0. The van der Waals surface area contributed by atoms with Crippen LogP contribution in [0.25, 0.3) is 0 Å². The van der Waals surface area contributed by atoms with Gasteiger partial charge in [0.1, 0.15) is 4.90 Å². The number of carbonyl (C=O) groups is 1. The zero-order valence-corrected chi connectivity index (χ0v) is 17.6. The van der Waals surface area contributed by atoms with Crippen molar-refractivity contribution in [2.24, 2.45) is 0 Å². The first kappa shape index (κ1) is 21.1. The molecule has 0 amide bonds. The number of nitrogens with zero attached hydrogens (tertiary/aromatic N) is 2. The molecule has 0 bridgehead atoms. The maximum absolute atomic E-state index is 12.9. The van der Waals surface area contributed by atoms with Gasteiger partial charge < -0.3 is 4.74 Å². The Labute approximate surface area is 174 Å². The predicted molar refractivity (Wildman–Crippen MR) is 108 cm³/mol. The van der Waals surface area contributed by atoms with Crippen LogP contribution in [0.15, 0.2) is 47.4 Å². The second-order valence-corrected chi connectivity index (χ2v) is 9.11. The minimum atomic E-state index is -3.76. The van der Waals surface area contributed by atoms with Crippen LogP contribution in [0.5, 0.6) is 0 Å². The molecule has 0 unspecified atom stereocenters. The molecule has 9 heteroatoms. The lowest BCUT2D eigenvalue weighted by molar-refractivity contribution is 0.0600. The van der Waals surface area contributed by atoms with Crippen LogP contribution in [-0.2, 0) is 21.3 Å². The van der Waals surface area contributed by atoms with Crippen LogP contribution in [0.1, 0.15) is 15.9 Å². The van der Waals surface area contributed by atoms with Gasteiger partial charge in [0.05, 0.1) is 22.7 Å². The summed E-state index contributed by atoms with van der Waals surface area (Å²) in [5.41, 5.74) is 1.46. The first-order valence-corrected chi connectivity index (χ1v) is 10.9. The van der Waals surface area contributed by atoms with Crippen molar-refractivity contribution in [3.8, 4) is 0 Å². The summed E-state index contributed by atoms with van der Waals surface area (Å²) in [4.78, 5) is 13.8. The van der Waals surface area contributed by atoms with Gasteiger partial charge in [0.2, 0.25) is 10.0 Å². The van der Waals surface area contributed by atoms with Crippen molar-refractivity contribution in [2.75, 3.05) is 33.3 Å². The van der Waals surface area contributed by atoms with Crippen LogP contribution >= 0.6 is 23.2 Å². The molecule has 0 radical (unpaired) electrons. The number of halogens is 2. The second-order valence-electron chi connectivity index (χ2n) is 6.42. The normalized spacial score (nSPS) is 16.1. The van der Waals surface area contributed by atoms with Crippen LogP contribution in [0.3, 0.4) is 0 Å². The average Bonchev–Trinajstić information content (AvgIpc) is 2.67. The molecule has 2 aromatic carbocycles. The van der Waals surface area contributed by atoms with E-state index in [1.807, 2.05) is 12.1 Å². The van der Waals surface area contributed by atoms with Crippen molar-refractivity contribution in [1.29, 1.82) is 0 Å². The minimum Gasteiger partial charge on any atom is -0.465 e. The lowest BCUT2D eigenvalue weighted by Gasteiger charge is -2.34. The van der Waals surface area contributed by atoms with Gasteiger partial charge in [-0.15, -0.1) is 0 Å². The molecule has 1 heterocycles. The van der Waals surface area contributed by atoms with E-state index in [-0.39, 0.29) is 20.9 Å². The van der Waals surface area contributed by atoms with E-state index in [4.69, 9.17) is 27.9 Å². The zero-order valence-electron chi connectivity index (χ0n) is 15.3. The van der Waals surface area contributed by atoms with Crippen molar-refractivity contribution in [1.82, 2.24) is 9.21 Å². The van der Waals surface area contributed by atoms with Crippen LogP contribution in [0.4, 0.5) is 0 Å². The SMILES string of the molecule is COC(=O)c1cccc(CN2CCN(S(=O)(=O)c3c(Cl)cccc3Cl)CC2)c1. The first-order chi connectivity index (χ1) is 13.3. The number of hydrogen-bond donors (Lipinski definition) is 0. The van der Waals surface area contributed by atoms with Crippen molar-refractivity contribution in [2.45, 2.75) is 11.4 Å². The van der Waals surface area contributed by atoms with E-state index in [1.165, 1.54) is 23.5 Å². The van der Waals surface area contributed by atoms with Crippen LogP contribution < -0.4 is 0 Å². The topological polar surface area (TPSA) is 66.9 Å². The Balaban J connectivity index is 1.67. The molecule has 0 saturated carbocycles. The zero-order chi connectivity index (χ0) is 20.3. The smallest absolute Gasteiger partial charge is 0.337 e. The molecule has 6 nitrogen and oxygen atoms in total. The van der Waals surface area contributed by atoms with Crippen molar-refractivity contribution in [3.05, 3.63) is 63.6 Å². The summed E-state index contributed by atoms with van der Waals surface area (Å²) in [5.74, 6) is -0.380. The third-order valence-corrected chi connectivity index (χ3v) is 7.46. The third kappa shape index (κ3) is 4.50. The summed E-state index contributed by atoms with van der Waals surface area (Å²) in [7, 11) is -2.41. The number of piperazine rings is 1. The van der Waals surface area contributed by atoms with Gasteiger partial charge in [-0.05, 0) is 29.8 Å². The Morgan fingerprint density at radius 2 is 1.64 bits per heavy atom. The number of carbonyl (C=O) groups excluding carboxylic acids is 1. The van der Waals surface area contributed by atoms with Gasteiger partial charge in [0, 0.05) is 32.7 Å². The highest BCUT2D eigenvalue weighted by Crippen LogP contribution is 2.32. The molecule has 1 aliphatic heterocycles. The molecule has 0 aromatic heterocycles. The van der Waals surface area contributed by atoms with E-state index in [2.05, 4.69) is 4.90 Å². The van der Waals surface area contributed by atoms with E-state index in [1.54, 1.807) is 18.2 Å². The number of ether oxygens (including phenoxy) is 1. The van der Waals surface area contributed by atoms with Gasteiger partial charge >= 0.3 is 5.97 Å². The number of rotatable bonds is 5. The Kier molecular flexibility index (Phi) is 6.62. The summed E-state index contributed by atoms with van der Waals surface area (Å²) in [6.45, 7) is 2.40. The Morgan fingerprint density at radius 1 is 1.04 bits per heavy atom. The lowest BCUT2D eigenvalue weighted by Crippen LogP contribution is -2.48. The van der Waals surface area contributed by atoms with E-state index in [9.17, 15) is 13.2 Å². The fraction of sp³-hybridized carbons (Fsp3) is 0.316. The molecule has 0 N–H and O–H groups in total. The first-order valence-electron chi connectivity index (χ1n) is 8.66. The summed E-state index contributed by atoms with van der Waals surface area (Å²) in [5, 5.41) is 0.240. The van der Waals surface area contributed by atoms with Gasteiger partial charge in [0.15, 0.2) is 0 Å². The van der Waals surface area contributed by atoms with Gasteiger partial charge in [-0.2, -0.15) is 4.31 Å². The molecule has 3 rings (SSSR count). The fourth-order valence-electron chi connectivity index (χ4n) is 3.16. The van der Waals surface area contributed by atoms with Gasteiger partial charge in [-0.1, -0.05) is 41.4 Å². The Bertz CT molecular complexity index is 953. The molecular formula is C19H20Cl2N2O4S. The molecule has 2 aromatic rings. The third-order valence-electron chi connectivity index (χ3n) is 4.60. The van der Waals surface area contributed by atoms with Crippen molar-refractivity contribution in [3.63, 3.8) is 0 Å². The minimum absolute atomic E-state index is 0.0439. The fourth-order valence-corrected chi connectivity index (χ4v) is 5.67. The van der Waals surface area contributed by atoms with Gasteiger partial charge in [-0.3, -0.25) is 4.90 Å². The van der Waals surface area contributed by atoms with Gasteiger partial charge in [-0.25, -0.2) is 13.2 Å². The number of sulfonamides is 1. The molecule has 0 atom stereocenters. The van der Waals surface area contributed by atoms with Crippen molar-refractivity contribution < 1.29 is 17.9 Å². The maximum atomic E-state index is 12.9. The molecule has 0 spiro atoms. The van der Waals surface area contributed by atoms with Crippen LogP contribution in [0, 0.1) is 0 Å². The number of benzene rings is 2. The highest BCUT2D eigenvalue weighted by Gasteiger charge is 2.31. The van der Waals surface area contributed by atoms with E-state index < -0.39 is 10.0 Å². The van der Waals surface area contributed by atoms with Gasteiger partial charge in [0.25, 0.3) is 0 Å². The summed E-state index contributed by atoms with van der Waals surface area (Å²) in [6.07, 6.45) is 0. The largest absolute Gasteiger partial charge is 0.465 e.